The molecular formula is C9H17N3O3. The Hall–Kier alpha value is -1.14. The summed E-state index contributed by atoms with van der Waals surface area (Å²) in [4.78, 5) is 21.3. The van der Waals surface area contributed by atoms with Crippen molar-refractivity contribution in [2.24, 2.45) is 11.5 Å². The summed E-state index contributed by atoms with van der Waals surface area (Å²) in [6.45, 7) is -0.139. The smallest absolute Gasteiger partial charge is 0.318 e. The number of urea groups is 1. The first-order valence-electron chi connectivity index (χ1n) is 5.04. The second-order valence-electron chi connectivity index (χ2n) is 3.77. The molecule has 0 aliphatic heterocycles. The number of amides is 3. The Kier molecular flexibility index (Phi) is 4.51. The lowest BCUT2D eigenvalue weighted by molar-refractivity contribution is -0.127. The average molecular weight is 215 g/mol. The monoisotopic (exact) mass is 215 g/mol. The quantitative estimate of drug-likeness (QED) is 0.588. The highest BCUT2D eigenvalue weighted by molar-refractivity contribution is 5.94. The molecule has 1 rings (SSSR count). The Bertz CT molecular complexity index is 245. The van der Waals surface area contributed by atoms with Crippen LogP contribution in [0.1, 0.15) is 25.7 Å². The zero-order chi connectivity index (χ0) is 11.3. The van der Waals surface area contributed by atoms with E-state index >= 15 is 0 Å². The summed E-state index contributed by atoms with van der Waals surface area (Å²) in [5.74, 6) is -0.512. The molecule has 0 spiro atoms. The van der Waals surface area contributed by atoms with Crippen molar-refractivity contribution in [3.63, 3.8) is 0 Å². The molecular weight excluding hydrogens is 198 g/mol. The van der Waals surface area contributed by atoms with Crippen LogP contribution in [-0.4, -0.2) is 30.7 Å². The van der Waals surface area contributed by atoms with E-state index in [0.29, 0.717) is 0 Å². The van der Waals surface area contributed by atoms with E-state index in [1.54, 1.807) is 0 Å². The number of nitrogens with two attached hydrogens (primary N) is 2. The zero-order valence-electron chi connectivity index (χ0n) is 8.57. The summed E-state index contributed by atoms with van der Waals surface area (Å²) in [7, 11) is 0. The van der Waals surface area contributed by atoms with Crippen LogP contribution in [-0.2, 0) is 9.53 Å². The molecule has 0 saturated heterocycles. The molecule has 1 aliphatic rings. The van der Waals surface area contributed by atoms with Crippen LogP contribution < -0.4 is 16.8 Å². The third kappa shape index (κ3) is 4.75. The molecule has 6 heteroatoms. The number of carbonyl (C=O) groups excluding carboxylic acids is 2. The maximum atomic E-state index is 11.0. The van der Waals surface area contributed by atoms with E-state index in [2.05, 4.69) is 0 Å². The molecule has 0 aromatic carbocycles. The molecule has 15 heavy (non-hydrogen) atoms. The molecule has 3 amide bonds. The average Bonchev–Trinajstić information content (AvgIpc) is 2.14. The summed E-state index contributed by atoms with van der Waals surface area (Å²) >= 11 is 0. The van der Waals surface area contributed by atoms with Gasteiger partial charge in [0.1, 0.15) is 6.61 Å². The zero-order valence-corrected chi connectivity index (χ0v) is 8.57. The number of carbonyl (C=O) groups is 2. The molecule has 2 unspecified atom stereocenters. The number of rotatable bonds is 3. The normalized spacial score (nSPS) is 25.9. The van der Waals surface area contributed by atoms with Crippen molar-refractivity contribution in [2.75, 3.05) is 6.61 Å². The first-order chi connectivity index (χ1) is 7.08. The summed E-state index contributed by atoms with van der Waals surface area (Å²) in [6.07, 6.45) is 3.73. The van der Waals surface area contributed by atoms with E-state index < -0.39 is 11.9 Å². The van der Waals surface area contributed by atoms with Gasteiger partial charge in [0.15, 0.2) is 0 Å². The molecule has 2 atom stereocenters. The SMILES string of the molecule is NC(=O)NC(=O)COC1CCCC(N)C1. The van der Waals surface area contributed by atoms with Gasteiger partial charge in [-0.1, -0.05) is 0 Å². The van der Waals surface area contributed by atoms with Gasteiger partial charge >= 0.3 is 6.03 Å². The fourth-order valence-electron chi connectivity index (χ4n) is 1.70. The standard InChI is InChI=1S/C9H17N3O3/c10-6-2-1-3-7(4-6)15-5-8(13)12-9(11)14/h6-7H,1-5,10H2,(H3,11,12,13,14). The third-order valence-electron chi connectivity index (χ3n) is 2.38. The van der Waals surface area contributed by atoms with Gasteiger partial charge in [-0.3, -0.25) is 10.1 Å². The molecule has 0 aromatic heterocycles. The van der Waals surface area contributed by atoms with Crippen molar-refractivity contribution in [3.8, 4) is 0 Å². The topological polar surface area (TPSA) is 107 Å². The highest BCUT2D eigenvalue weighted by Gasteiger charge is 2.20. The first-order valence-corrected chi connectivity index (χ1v) is 5.04. The number of nitrogens with one attached hydrogen (secondary N) is 1. The Morgan fingerprint density at radius 3 is 2.73 bits per heavy atom. The van der Waals surface area contributed by atoms with E-state index in [-0.39, 0.29) is 18.8 Å². The van der Waals surface area contributed by atoms with Crippen LogP contribution in [0, 0.1) is 0 Å². The molecule has 6 nitrogen and oxygen atoms in total. The van der Waals surface area contributed by atoms with Crippen LogP contribution in [0.2, 0.25) is 0 Å². The van der Waals surface area contributed by atoms with Crippen LogP contribution in [0.3, 0.4) is 0 Å². The van der Waals surface area contributed by atoms with Crippen LogP contribution in [0.25, 0.3) is 0 Å². The molecule has 0 radical (unpaired) electrons. The van der Waals surface area contributed by atoms with Crippen LogP contribution in [0.15, 0.2) is 0 Å². The Morgan fingerprint density at radius 2 is 2.13 bits per heavy atom. The maximum Gasteiger partial charge on any atom is 0.318 e. The van der Waals surface area contributed by atoms with Gasteiger partial charge in [0.05, 0.1) is 6.10 Å². The summed E-state index contributed by atoms with van der Waals surface area (Å²) in [5.41, 5.74) is 10.5. The van der Waals surface area contributed by atoms with Gasteiger partial charge in [-0.05, 0) is 25.7 Å². The van der Waals surface area contributed by atoms with Gasteiger partial charge in [-0.2, -0.15) is 0 Å². The Balaban J connectivity index is 2.18. The number of ether oxygens (including phenoxy) is 1. The van der Waals surface area contributed by atoms with Crippen molar-refractivity contribution >= 4 is 11.9 Å². The van der Waals surface area contributed by atoms with Gasteiger partial charge in [-0.15, -0.1) is 0 Å². The maximum absolute atomic E-state index is 11.0. The fraction of sp³-hybridized carbons (Fsp3) is 0.778. The van der Waals surface area contributed by atoms with Crippen LogP contribution in [0.5, 0.6) is 0 Å². The van der Waals surface area contributed by atoms with Gasteiger partial charge < -0.3 is 16.2 Å². The molecule has 1 saturated carbocycles. The Labute approximate surface area is 88.3 Å². The first kappa shape index (κ1) is 11.9. The second-order valence-corrected chi connectivity index (χ2v) is 3.77. The van der Waals surface area contributed by atoms with E-state index in [1.807, 2.05) is 5.32 Å². The Morgan fingerprint density at radius 1 is 1.40 bits per heavy atom. The molecule has 86 valence electrons. The van der Waals surface area contributed by atoms with E-state index in [1.165, 1.54) is 0 Å². The highest BCUT2D eigenvalue weighted by Crippen LogP contribution is 2.19. The number of hydrogen-bond acceptors (Lipinski definition) is 4. The van der Waals surface area contributed by atoms with E-state index in [9.17, 15) is 9.59 Å². The van der Waals surface area contributed by atoms with Gasteiger partial charge in [0.25, 0.3) is 5.91 Å². The molecule has 0 aromatic rings. The van der Waals surface area contributed by atoms with Gasteiger partial charge in [0.2, 0.25) is 0 Å². The van der Waals surface area contributed by atoms with Crippen LogP contribution in [0.4, 0.5) is 4.79 Å². The fourth-order valence-corrected chi connectivity index (χ4v) is 1.70. The van der Waals surface area contributed by atoms with Crippen molar-refractivity contribution in [1.82, 2.24) is 5.32 Å². The predicted octanol–water partition coefficient (Wildman–Crippen LogP) is -0.532. The minimum Gasteiger partial charge on any atom is -0.368 e. The minimum absolute atomic E-state index is 0.0207. The largest absolute Gasteiger partial charge is 0.368 e. The minimum atomic E-state index is -0.857. The lowest BCUT2D eigenvalue weighted by Gasteiger charge is -2.26. The highest BCUT2D eigenvalue weighted by atomic mass is 16.5. The van der Waals surface area contributed by atoms with E-state index in [0.717, 1.165) is 25.7 Å². The molecule has 0 heterocycles. The van der Waals surface area contributed by atoms with Crippen molar-refractivity contribution in [1.29, 1.82) is 0 Å². The van der Waals surface area contributed by atoms with Gasteiger partial charge in [-0.25, -0.2) is 4.79 Å². The van der Waals surface area contributed by atoms with Crippen LogP contribution >= 0.6 is 0 Å². The third-order valence-corrected chi connectivity index (χ3v) is 2.38. The second kappa shape index (κ2) is 5.67. The summed E-state index contributed by atoms with van der Waals surface area (Å²) < 4.78 is 5.32. The van der Waals surface area contributed by atoms with Crippen molar-refractivity contribution in [3.05, 3.63) is 0 Å². The van der Waals surface area contributed by atoms with Crippen molar-refractivity contribution in [2.45, 2.75) is 37.8 Å². The molecule has 5 N–H and O–H groups in total. The van der Waals surface area contributed by atoms with Gasteiger partial charge in [0, 0.05) is 6.04 Å². The molecule has 0 bridgehead atoms. The number of hydrogen-bond donors (Lipinski definition) is 3. The van der Waals surface area contributed by atoms with E-state index in [4.69, 9.17) is 16.2 Å². The lowest BCUT2D eigenvalue weighted by Crippen LogP contribution is -2.39. The number of imide groups is 1. The molecule has 1 aliphatic carbocycles. The lowest BCUT2D eigenvalue weighted by atomic mass is 9.94. The summed E-state index contributed by atoms with van der Waals surface area (Å²) in [5, 5.41) is 1.94. The summed E-state index contributed by atoms with van der Waals surface area (Å²) in [6, 6.07) is -0.702. The predicted molar refractivity (Wildman–Crippen MR) is 53.9 cm³/mol. The molecule has 1 fully saturated rings. The van der Waals surface area contributed by atoms with Crippen molar-refractivity contribution < 1.29 is 14.3 Å². The number of primary amides is 1.